The van der Waals surface area contributed by atoms with Crippen LogP contribution < -0.4 is 16.2 Å². The number of amides is 1. The van der Waals surface area contributed by atoms with Crippen molar-refractivity contribution in [3.05, 3.63) is 34.6 Å². The van der Waals surface area contributed by atoms with Gasteiger partial charge in [0.15, 0.2) is 5.16 Å². The summed E-state index contributed by atoms with van der Waals surface area (Å²) < 4.78 is 7.07. The van der Waals surface area contributed by atoms with Crippen LogP contribution in [-0.2, 0) is 16.1 Å². The molecule has 1 atom stereocenters. The summed E-state index contributed by atoms with van der Waals surface area (Å²) in [6.07, 6.45) is 0.869. The molecular formula is C18H25N4O3S+. The molecule has 0 radical (unpaired) electrons. The first kappa shape index (κ1) is 18.9. The van der Waals surface area contributed by atoms with Crippen molar-refractivity contribution in [3.63, 3.8) is 0 Å². The molecule has 3 rings (SSSR count). The maximum atomic E-state index is 12.9. The first-order valence-corrected chi connectivity index (χ1v) is 9.81. The van der Waals surface area contributed by atoms with Gasteiger partial charge in [0, 0.05) is 13.0 Å². The van der Waals surface area contributed by atoms with Crippen LogP contribution in [0.1, 0.15) is 13.3 Å². The Balaban J connectivity index is 1.83. The Bertz CT molecular complexity index is 833. The second-order valence-corrected chi connectivity index (χ2v) is 7.80. The molecule has 26 heavy (non-hydrogen) atoms. The second kappa shape index (κ2) is 8.66. The second-order valence-electron chi connectivity index (χ2n) is 6.50. The Morgan fingerprint density at radius 1 is 1.38 bits per heavy atom. The lowest BCUT2D eigenvalue weighted by atomic mass is 10.2. The van der Waals surface area contributed by atoms with Crippen molar-refractivity contribution < 1.29 is 14.4 Å². The van der Waals surface area contributed by atoms with Gasteiger partial charge >= 0.3 is 0 Å². The van der Waals surface area contributed by atoms with Gasteiger partial charge in [0.2, 0.25) is 5.91 Å². The third-order valence-corrected chi connectivity index (χ3v) is 5.73. The average molecular weight is 377 g/mol. The van der Waals surface area contributed by atoms with Crippen LogP contribution in [-0.4, -0.2) is 53.6 Å². The highest BCUT2D eigenvalue weighted by Crippen LogP contribution is 2.22. The van der Waals surface area contributed by atoms with Gasteiger partial charge in [-0.05, 0) is 19.1 Å². The molecule has 2 heterocycles. The molecule has 140 valence electrons. The number of rotatable bonds is 7. The number of para-hydroxylation sites is 1. The SMILES string of the molecule is C[C@H](Sc1nc2ccccc2c(=O)n1CCC[NH+]1CCOCC1)C(N)=O. The Morgan fingerprint density at radius 3 is 2.85 bits per heavy atom. The summed E-state index contributed by atoms with van der Waals surface area (Å²) in [6, 6.07) is 7.30. The van der Waals surface area contributed by atoms with Gasteiger partial charge in [-0.3, -0.25) is 14.2 Å². The quantitative estimate of drug-likeness (QED) is 0.509. The molecule has 7 nitrogen and oxygen atoms in total. The minimum atomic E-state index is -0.445. The van der Waals surface area contributed by atoms with Crippen molar-refractivity contribution in [1.82, 2.24) is 9.55 Å². The van der Waals surface area contributed by atoms with Gasteiger partial charge in [0.1, 0.15) is 13.1 Å². The van der Waals surface area contributed by atoms with Crippen molar-refractivity contribution in [1.29, 1.82) is 0 Å². The van der Waals surface area contributed by atoms with Crippen LogP contribution in [0.3, 0.4) is 0 Å². The number of hydrogen-bond donors (Lipinski definition) is 2. The highest BCUT2D eigenvalue weighted by Gasteiger charge is 2.18. The summed E-state index contributed by atoms with van der Waals surface area (Å²) in [5.41, 5.74) is 5.97. The molecule has 1 amide bonds. The number of fused-ring (bicyclic) bond motifs is 1. The molecule has 8 heteroatoms. The van der Waals surface area contributed by atoms with Crippen LogP contribution in [0, 0.1) is 0 Å². The van der Waals surface area contributed by atoms with E-state index in [9.17, 15) is 9.59 Å². The van der Waals surface area contributed by atoms with Crippen molar-refractivity contribution in [3.8, 4) is 0 Å². The monoisotopic (exact) mass is 377 g/mol. The Labute approximate surface area is 156 Å². The van der Waals surface area contributed by atoms with E-state index < -0.39 is 11.2 Å². The molecule has 1 aromatic carbocycles. The number of hydrogen-bond acceptors (Lipinski definition) is 5. The molecule has 0 unspecified atom stereocenters. The minimum Gasteiger partial charge on any atom is -0.370 e. The average Bonchev–Trinajstić information content (AvgIpc) is 2.65. The molecule has 1 aliphatic heterocycles. The molecule has 3 N–H and O–H groups in total. The van der Waals surface area contributed by atoms with E-state index in [4.69, 9.17) is 10.5 Å². The van der Waals surface area contributed by atoms with Gasteiger partial charge < -0.3 is 15.4 Å². The number of nitrogens with zero attached hydrogens (tertiary/aromatic N) is 2. The fourth-order valence-corrected chi connectivity index (χ4v) is 3.93. The van der Waals surface area contributed by atoms with Crippen LogP contribution in [0.15, 0.2) is 34.2 Å². The molecule has 0 spiro atoms. The van der Waals surface area contributed by atoms with Crippen LogP contribution in [0.5, 0.6) is 0 Å². The number of morpholine rings is 1. The molecule has 2 aromatic rings. The standard InChI is InChI=1S/C18H24N4O3S/c1-13(16(19)23)26-18-20-15-6-3-2-5-14(15)17(24)22(18)8-4-7-21-9-11-25-12-10-21/h2-3,5-6,13H,4,7-12H2,1H3,(H2,19,23)/p+1/t13-/m0/s1. The fourth-order valence-electron chi connectivity index (χ4n) is 3.05. The van der Waals surface area contributed by atoms with Gasteiger partial charge in [-0.15, -0.1) is 0 Å². The lowest BCUT2D eigenvalue weighted by molar-refractivity contribution is -0.908. The van der Waals surface area contributed by atoms with Crippen LogP contribution >= 0.6 is 11.8 Å². The van der Waals surface area contributed by atoms with Crippen LogP contribution in [0.4, 0.5) is 0 Å². The highest BCUT2D eigenvalue weighted by atomic mass is 32.2. The predicted molar refractivity (Wildman–Crippen MR) is 102 cm³/mol. The number of ether oxygens (including phenoxy) is 1. The number of nitrogens with two attached hydrogens (primary N) is 1. The van der Waals surface area contributed by atoms with E-state index in [1.807, 2.05) is 18.2 Å². The van der Waals surface area contributed by atoms with Crippen LogP contribution in [0.2, 0.25) is 0 Å². The number of quaternary nitrogens is 1. The summed E-state index contributed by atoms with van der Waals surface area (Å²) in [5.74, 6) is -0.415. The van der Waals surface area contributed by atoms with E-state index in [-0.39, 0.29) is 5.56 Å². The summed E-state index contributed by atoms with van der Waals surface area (Å²) in [6.45, 7) is 6.90. The summed E-state index contributed by atoms with van der Waals surface area (Å²) in [5, 5.41) is 0.707. The zero-order chi connectivity index (χ0) is 18.5. The lowest BCUT2D eigenvalue weighted by Crippen LogP contribution is -3.14. The zero-order valence-electron chi connectivity index (χ0n) is 14.9. The number of primary amides is 1. The maximum absolute atomic E-state index is 12.9. The van der Waals surface area contributed by atoms with Gasteiger partial charge in [0.25, 0.3) is 5.56 Å². The van der Waals surface area contributed by atoms with Crippen molar-refractivity contribution in [2.45, 2.75) is 30.3 Å². The van der Waals surface area contributed by atoms with Crippen molar-refractivity contribution in [2.75, 3.05) is 32.8 Å². The van der Waals surface area contributed by atoms with E-state index in [0.29, 0.717) is 22.6 Å². The van der Waals surface area contributed by atoms with E-state index in [0.717, 1.165) is 39.3 Å². The van der Waals surface area contributed by atoms with Crippen molar-refractivity contribution in [2.24, 2.45) is 5.73 Å². The third-order valence-electron chi connectivity index (χ3n) is 4.62. The Kier molecular flexibility index (Phi) is 6.29. The number of aromatic nitrogens is 2. The topological polar surface area (TPSA) is 91.7 Å². The van der Waals surface area contributed by atoms with E-state index in [1.54, 1.807) is 17.6 Å². The molecule has 1 aromatic heterocycles. The number of benzene rings is 1. The van der Waals surface area contributed by atoms with Crippen molar-refractivity contribution >= 4 is 28.6 Å². The molecule has 0 aliphatic carbocycles. The number of thioether (sulfide) groups is 1. The van der Waals surface area contributed by atoms with E-state index >= 15 is 0 Å². The zero-order valence-corrected chi connectivity index (χ0v) is 15.8. The number of nitrogens with one attached hydrogen (secondary N) is 1. The Hall–Kier alpha value is -1.90. The van der Waals surface area contributed by atoms with Gasteiger partial charge in [-0.2, -0.15) is 0 Å². The van der Waals surface area contributed by atoms with Gasteiger partial charge in [0.05, 0.1) is 35.9 Å². The minimum absolute atomic E-state index is 0.0632. The van der Waals surface area contributed by atoms with Gasteiger partial charge in [-0.1, -0.05) is 23.9 Å². The summed E-state index contributed by atoms with van der Waals surface area (Å²) in [4.78, 5) is 30.5. The Morgan fingerprint density at radius 2 is 2.12 bits per heavy atom. The smallest absolute Gasteiger partial charge is 0.262 e. The summed E-state index contributed by atoms with van der Waals surface area (Å²) in [7, 11) is 0. The molecular weight excluding hydrogens is 352 g/mol. The van der Waals surface area contributed by atoms with Gasteiger partial charge in [-0.25, -0.2) is 4.98 Å². The molecule has 0 bridgehead atoms. The lowest BCUT2D eigenvalue weighted by Gasteiger charge is -2.24. The first-order chi connectivity index (χ1) is 12.6. The molecule has 1 aliphatic rings. The maximum Gasteiger partial charge on any atom is 0.262 e. The normalized spacial score (nSPS) is 16.7. The third kappa shape index (κ3) is 4.44. The molecule has 1 fully saturated rings. The number of carbonyl (C=O) groups excluding carboxylic acids is 1. The number of carbonyl (C=O) groups is 1. The predicted octanol–water partition coefficient (Wildman–Crippen LogP) is -0.332. The highest BCUT2D eigenvalue weighted by molar-refractivity contribution is 8.00. The first-order valence-electron chi connectivity index (χ1n) is 8.93. The fraction of sp³-hybridized carbons (Fsp3) is 0.500. The van der Waals surface area contributed by atoms with Crippen LogP contribution in [0.25, 0.3) is 10.9 Å². The van der Waals surface area contributed by atoms with E-state index in [1.165, 1.54) is 16.7 Å². The molecule has 0 saturated carbocycles. The summed E-state index contributed by atoms with van der Waals surface area (Å²) >= 11 is 1.24. The van der Waals surface area contributed by atoms with E-state index in [2.05, 4.69) is 4.98 Å². The largest absolute Gasteiger partial charge is 0.370 e. The molecule has 1 saturated heterocycles.